The molecular formula is C2H8N2S4Se. The molecule has 0 heterocycles. The molecule has 2 nitrogen and oxygen atoms in total. The molecule has 0 amide bonds. The number of hydrogen-bond acceptors (Lipinski definition) is 2. The van der Waals surface area contributed by atoms with Crippen molar-refractivity contribution in [3.05, 3.63) is 0 Å². The van der Waals surface area contributed by atoms with Gasteiger partial charge in [0.15, 0.2) is 0 Å². The van der Waals surface area contributed by atoms with Crippen molar-refractivity contribution in [1.82, 2.24) is 0 Å². The number of rotatable bonds is 0. The van der Waals surface area contributed by atoms with Crippen LogP contribution in [0, 0.1) is 0 Å². The Kier molecular flexibility index (Phi) is 21.6. The van der Waals surface area contributed by atoms with E-state index in [-0.39, 0.29) is 25.7 Å². The molecule has 0 saturated heterocycles. The standard InChI is InChI=1S/2CH3NS2.H2Se/c2*2-1(3)4;/h2*(H3,2,3,4);1H2. The summed E-state index contributed by atoms with van der Waals surface area (Å²) in [7, 11) is 0. The summed E-state index contributed by atoms with van der Waals surface area (Å²) in [6.07, 6.45) is 0. The fourth-order valence-corrected chi connectivity index (χ4v) is 0. The van der Waals surface area contributed by atoms with E-state index >= 15 is 0 Å². The summed E-state index contributed by atoms with van der Waals surface area (Å²) in [5, 5.41) is 0. The Hall–Kier alpha value is 0.999. The van der Waals surface area contributed by atoms with E-state index < -0.39 is 0 Å². The second-order valence-corrected chi connectivity index (χ2v) is 3.12. The minimum absolute atomic E-state index is 0. The second-order valence-electron chi connectivity index (χ2n) is 0.676. The molecule has 0 aromatic rings. The molecule has 0 aliphatic carbocycles. The van der Waals surface area contributed by atoms with Crippen LogP contribution in [0.3, 0.4) is 0 Å². The maximum absolute atomic E-state index is 4.71. The third-order valence-electron chi connectivity index (χ3n) is 0. The molecule has 0 unspecified atom stereocenters. The SMILES string of the molecule is NC(=S)S.NC(=S)S.[SeH2]. The topological polar surface area (TPSA) is 52.0 Å². The Bertz CT molecular complexity index is 74.6. The summed E-state index contributed by atoms with van der Waals surface area (Å²) in [5.74, 6) is 0. The van der Waals surface area contributed by atoms with Gasteiger partial charge < -0.3 is 11.5 Å². The van der Waals surface area contributed by atoms with Crippen LogP contribution in [0.1, 0.15) is 0 Å². The van der Waals surface area contributed by atoms with Crippen LogP contribution in [0.25, 0.3) is 0 Å². The summed E-state index contributed by atoms with van der Waals surface area (Å²) in [6, 6.07) is 0. The van der Waals surface area contributed by atoms with Crippen LogP contribution in [0.5, 0.6) is 0 Å². The average Bonchev–Trinajstić information content (AvgIpc) is 1.25. The van der Waals surface area contributed by atoms with Gasteiger partial charge in [-0.05, 0) is 0 Å². The zero-order valence-corrected chi connectivity index (χ0v) is 9.89. The van der Waals surface area contributed by atoms with Crippen molar-refractivity contribution in [3.63, 3.8) is 0 Å². The molecule has 0 aliphatic rings. The summed E-state index contributed by atoms with van der Waals surface area (Å²) >= 11 is 15.3. The molecule has 0 fully saturated rings. The molecule has 0 bridgehead atoms. The van der Waals surface area contributed by atoms with E-state index in [4.69, 9.17) is 11.5 Å². The molecule has 0 rings (SSSR count). The number of nitrogens with two attached hydrogens (primary N) is 2. The zero-order chi connectivity index (χ0) is 7.15. The Morgan fingerprint density at radius 3 is 1.00 bits per heavy atom. The first kappa shape index (κ1) is 16.5. The number of hydrogen-bond donors (Lipinski definition) is 4. The van der Waals surface area contributed by atoms with E-state index in [2.05, 4.69) is 49.7 Å². The fraction of sp³-hybridized carbons (Fsp3) is 0. The van der Waals surface area contributed by atoms with Crippen LogP contribution in [-0.2, 0) is 0 Å². The Morgan fingerprint density at radius 2 is 1.00 bits per heavy atom. The molecule has 4 N–H and O–H groups in total. The van der Waals surface area contributed by atoms with E-state index in [0.717, 1.165) is 0 Å². The van der Waals surface area contributed by atoms with Crippen LogP contribution in [0.2, 0.25) is 0 Å². The van der Waals surface area contributed by atoms with Crippen molar-refractivity contribution in [2.45, 2.75) is 0 Å². The summed E-state index contributed by atoms with van der Waals surface area (Å²) in [6.45, 7) is 0. The molecule has 0 atom stereocenters. The third kappa shape index (κ3) is 441. The Balaban J connectivity index is -0.0000000720. The molecule has 7 heteroatoms. The first-order chi connectivity index (χ1) is 3.46. The molecular weight excluding hydrogens is 259 g/mol. The summed E-state index contributed by atoms with van der Waals surface area (Å²) < 4.78 is 0.389. The maximum atomic E-state index is 4.71. The zero-order valence-electron chi connectivity index (χ0n) is 4.37. The third-order valence-corrected chi connectivity index (χ3v) is 0. The van der Waals surface area contributed by atoms with Crippen molar-refractivity contribution >= 4 is 75.4 Å². The molecule has 0 spiro atoms. The van der Waals surface area contributed by atoms with Crippen LogP contribution >= 0.6 is 49.7 Å². The van der Waals surface area contributed by atoms with Crippen LogP contribution in [-0.4, -0.2) is 25.7 Å². The average molecular weight is 267 g/mol. The van der Waals surface area contributed by atoms with E-state index in [1.807, 2.05) is 0 Å². The van der Waals surface area contributed by atoms with Crippen LogP contribution in [0.4, 0.5) is 0 Å². The predicted octanol–water partition coefficient (Wildman–Crippen LogP) is -0.597. The van der Waals surface area contributed by atoms with Gasteiger partial charge in [-0.2, -0.15) is 0 Å². The van der Waals surface area contributed by atoms with Crippen molar-refractivity contribution in [2.24, 2.45) is 11.5 Å². The van der Waals surface area contributed by atoms with E-state index in [0.29, 0.717) is 0 Å². The first-order valence-electron chi connectivity index (χ1n) is 1.43. The molecule has 0 saturated carbocycles. The van der Waals surface area contributed by atoms with E-state index in [1.54, 1.807) is 0 Å². The van der Waals surface area contributed by atoms with Gasteiger partial charge in [0.05, 0.1) is 0 Å². The second kappa shape index (κ2) is 11.8. The van der Waals surface area contributed by atoms with E-state index in [1.165, 1.54) is 0 Å². The number of thiol groups is 2. The molecule has 0 radical (unpaired) electrons. The monoisotopic (exact) mass is 268 g/mol. The minimum atomic E-state index is 0. The van der Waals surface area contributed by atoms with Gasteiger partial charge in [0.25, 0.3) is 0 Å². The van der Waals surface area contributed by atoms with Crippen molar-refractivity contribution in [2.75, 3.05) is 0 Å². The van der Waals surface area contributed by atoms with Crippen molar-refractivity contribution in [1.29, 1.82) is 0 Å². The summed E-state index contributed by atoms with van der Waals surface area (Å²) in [5.41, 5.74) is 9.41. The van der Waals surface area contributed by atoms with E-state index in [9.17, 15) is 0 Å². The van der Waals surface area contributed by atoms with Crippen molar-refractivity contribution < 1.29 is 0 Å². The van der Waals surface area contributed by atoms with Crippen molar-refractivity contribution in [3.8, 4) is 0 Å². The predicted molar refractivity (Wildman–Crippen MR) is 60.1 cm³/mol. The summed E-state index contributed by atoms with van der Waals surface area (Å²) in [4.78, 5) is 0. The fourth-order valence-electron chi connectivity index (χ4n) is 0. The van der Waals surface area contributed by atoms with Gasteiger partial charge in [-0.15, -0.1) is 25.3 Å². The van der Waals surface area contributed by atoms with Gasteiger partial charge in [-0.25, -0.2) is 0 Å². The normalized spacial score (nSPS) is 5.56. The number of thiocarbonyl (C=S) groups is 2. The Labute approximate surface area is 86.4 Å². The van der Waals surface area contributed by atoms with Gasteiger partial charge in [0.2, 0.25) is 0 Å². The first-order valence-corrected chi connectivity index (χ1v) is 3.14. The molecule has 9 heavy (non-hydrogen) atoms. The van der Waals surface area contributed by atoms with Gasteiger partial charge in [-0.1, -0.05) is 24.4 Å². The van der Waals surface area contributed by atoms with Gasteiger partial charge in [0.1, 0.15) is 8.64 Å². The van der Waals surface area contributed by atoms with Gasteiger partial charge >= 0.3 is 17.1 Å². The Morgan fingerprint density at radius 1 is 1.00 bits per heavy atom. The van der Waals surface area contributed by atoms with Gasteiger partial charge in [0, 0.05) is 0 Å². The quantitative estimate of drug-likeness (QED) is 0.269. The molecule has 56 valence electrons. The van der Waals surface area contributed by atoms with Crippen LogP contribution < -0.4 is 11.5 Å². The molecule has 0 aromatic heterocycles. The van der Waals surface area contributed by atoms with Crippen LogP contribution in [0.15, 0.2) is 0 Å². The molecule has 0 aliphatic heterocycles. The molecule has 0 aromatic carbocycles. The van der Waals surface area contributed by atoms with Gasteiger partial charge in [-0.3, -0.25) is 0 Å².